The van der Waals surface area contributed by atoms with E-state index in [0.717, 1.165) is 44.7 Å². The highest BCUT2D eigenvalue weighted by Gasteiger charge is 2.06. The molecule has 0 atom stereocenters. The predicted molar refractivity (Wildman–Crippen MR) is 73.6 cm³/mol. The van der Waals surface area contributed by atoms with Gasteiger partial charge in [0.2, 0.25) is 5.88 Å². The zero-order valence-corrected chi connectivity index (χ0v) is 11.8. The Hall–Kier alpha value is -1.16. The van der Waals surface area contributed by atoms with Crippen molar-refractivity contribution in [3.63, 3.8) is 0 Å². The van der Waals surface area contributed by atoms with Crippen LogP contribution in [0.25, 0.3) is 0 Å². The first-order valence-corrected chi connectivity index (χ1v) is 6.94. The lowest BCUT2D eigenvalue weighted by atomic mass is 10.1. The van der Waals surface area contributed by atoms with Gasteiger partial charge in [-0.1, -0.05) is 33.6 Å². The molecule has 0 saturated heterocycles. The van der Waals surface area contributed by atoms with Gasteiger partial charge in [-0.2, -0.15) is 0 Å². The summed E-state index contributed by atoms with van der Waals surface area (Å²) >= 11 is 0. The molecule has 0 fully saturated rings. The Balaban J connectivity index is 2.43. The lowest BCUT2D eigenvalue weighted by molar-refractivity contribution is 0.231. The van der Waals surface area contributed by atoms with Crippen LogP contribution in [0.4, 0.5) is 0 Å². The maximum Gasteiger partial charge on any atom is 0.232 e. The third-order valence-electron chi connectivity index (χ3n) is 3.02. The first-order valence-electron chi connectivity index (χ1n) is 6.94. The van der Waals surface area contributed by atoms with Gasteiger partial charge in [-0.05, 0) is 18.9 Å². The average molecular weight is 251 g/mol. The Morgan fingerprint density at radius 2 is 2.00 bits per heavy atom. The Kier molecular flexibility index (Phi) is 7.34. The van der Waals surface area contributed by atoms with E-state index in [9.17, 15) is 0 Å². The van der Waals surface area contributed by atoms with Crippen molar-refractivity contribution in [2.45, 2.75) is 46.6 Å². The van der Waals surface area contributed by atoms with Gasteiger partial charge in [0, 0.05) is 12.7 Å². The smallest absolute Gasteiger partial charge is 0.232 e. The SMILES string of the molecule is CCCNCc1cncc(OCC(CC)CC)n1. The number of nitrogens with zero attached hydrogens (tertiary/aromatic N) is 2. The van der Waals surface area contributed by atoms with Crippen LogP contribution in [0, 0.1) is 5.92 Å². The Morgan fingerprint density at radius 1 is 1.22 bits per heavy atom. The molecule has 0 unspecified atom stereocenters. The minimum atomic E-state index is 0.605. The van der Waals surface area contributed by atoms with Gasteiger partial charge in [0.1, 0.15) is 0 Å². The summed E-state index contributed by atoms with van der Waals surface area (Å²) in [5.41, 5.74) is 0.936. The molecule has 1 aromatic heterocycles. The fourth-order valence-corrected chi connectivity index (χ4v) is 1.66. The molecule has 102 valence electrons. The molecule has 0 radical (unpaired) electrons. The van der Waals surface area contributed by atoms with Crippen molar-refractivity contribution >= 4 is 0 Å². The number of hydrogen-bond acceptors (Lipinski definition) is 4. The van der Waals surface area contributed by atoms with Crippen LogP contribution in [0.1, 0.15) is 45.7 Å². The van der Waals surface area contributed by atoms with E-state index in [1.54, 1.807) is 12.4 Å². The lowest BCUT2D eigenvalue weighted by Crippen LogP contribution is -2.16. The zero-order chi connectivity index (χ0) is 13.2. The van der Waals surface area contributed by atoms with Gasteiger partial charge >= 0.3 is 0 Å². The summed E-state index contributed by atoms with van der Waals surface area (Å²) in [7, 11) is 0. The number of ether oxygens (including phenoxy) is 1. The van der Waals surface area contributed by atoms with E-state index in [4.69, 9.17) is 4.74 Å². The van der Waals surface area contributed by atoms with Crippen LogP contribution in [0.15, 0.2) is 12.4 Å². The molecule has 1 N–H and O–H groups in total. The van der Waals surface area contributed by atoms with E-state index in [0.29, 0.717) is 11.8 Å². The molecule has 18 heavy (non-hydrogen) atoms. The summed E-state index contributed by atoms with van der Waals surface area (Å²) in [6.45, 7) is 9.01. The average Bonchev–Trinajstić information content (AvgIpc) is 2.41. The largest absolute Gasteiger partial charge is 0.476 e. The van der Waals surface area contributed by atoms with Crippen molar-refractivity contribution in [3.8, 4) is 5.88 Å². The zero-order valence-electron chi connectivity index (χ0n) is 11.8. The highest BCUT2D eigenvalue weighted by Crippen LogP contribution is 2.11. The number of hydrogen-bond donors (Lipinski definition) is 1. The minimum absolute atomic E-state index is 0.605. The maximum absolute atomic E-state index is 5.70. The van der Waals surface area contributed by atoms with Gasteiger partial charge in [0.25, 0.3) is 0 Å². The lowest BCUT2D eigenvalue weighted by Gasteiger charge is -2.13. The van der Waals surface area contributed by atoms with Crippen molar-refractivity contribution in [1.29, 1.82) is 0 Å². The first-order chi connectivity index (χ1) is 8.80. The molecular formula is C14H25N3O. The van der Waals surface area contributed by atoms with Crippen molar-refractivity contribution in [2.24, 2.45) is 5.92 Å². The summed E-state index contributed by atoms with van der Waals surface area (Å²) in [4.78, 5) is 8.60. The summed E-state index contributed by atoms with van der Waals surface area (Å²) < 4.78 is 5.70. The normalized spacial score (nSPS) is 10.9. The van der Waals surface area contributed by atoms with Crippen molar-refractivity contribution < 1.29 is 4.74 Å². The monoisotopic (exact) mass is 251 g/mol. The molecule has 0 aliphatic carbocycles. The van der Waals surface area contributed by atoms with Gasteiger partial charge < -0.3 is 10.1 Å². The standard InChI is InChI=1S/C14H25N3O/c1-4-7-15-8-13-9-16-10-14(17-13)18-11-12(5-2)6-3/h9-10,12,15H,4-8,11H2,1-3H3. The quantitative estimate of drug-likeness (QED) is 0.686. The maximum atomic E-state index is 5.70. The van der Waals surface area contributed by atoms with Crippen LogP contribution in [0.3, 0.4) is 0 Å². The van der Waals surface area contributed by atoms with Crippen molar-refractivity contribution in [1.82, 2.24) is 15.3 Å². The molecule has 0 saturated carbocycles. The molecule has 1 heterocycles. The Bertz CT molecular complexity index is 327. The second-order valence-electron chi connectivity index (χ2n) is 4.52. The molecular weight excluding hydrogens is 226 g/mol. The van der Waals surface area contributed by atoms with E-state index in [1.165, 1.54) is 0 Å². The number of rotatable bonds is 9. The van der Waals surface area contributed by atoms with Gasteiger partial charge in [0.15, 0.2) is 0 Å². The van der Waals surface area contributed by atoms with Crippen LogP contribution in [-0.2, 0) is 6.54 Å². The molecule has 1 aromatic rings. The van der Waals surface area contributed by atoms with E-state index >= 15 is 0 Å². The topological polar surface area (TPSA) is 47.0 Å². The van der Waals surface area contributed by atoms with E-state index in [-0.39, 0.29) is 0 Å². The Morgan fingerprint density at radius 3 is 2.67 bits per heavy atom. The molecule has 0 spiro atoms. The van der Waals surface area contributed by atoms with Crippen LogP contribution >= 0.6 is 0 Å². The highest BCUT2D eigenvalue weighted by molar-refractivity contribution is 5.08. The fraction of sp³-hybridized carbons (Fsp3) is 0.714. The molecule has 1 rings (SSSR count). The van der Waals surface area contributed by atoms with E-state index in [2.05, 4.69) is 36.1 Å². The second-order valence-corrected chi connectivity index (χ2v) is 4.52. The first kappa shape index (κ1) is 14.9. The van der Waals surface area contributed by atoms with Gasteiger partial charge in [-0.3, -0.25) is 4.98 Å². The molecule has 0 aliphatic heterocycles. The van der Waals surface area contributed by atoms with Crippen LogP contribution < -0.4 is 10.1 Å². The third kappa shape index (κ3) is 5.45. The molecule has 0 aliphatic rings. The summed E-state index contributed by atoms with van der Waals surface area (Å²) in [5.74, 6) is 1.24. The van der Waals surface area contributed by atoms with Crippen LogP contribution in [0.5, 0.6) is 5.88 Å². The summed E-state index contributed by atoms with van der Waals surface area (Å²) in [5, 5.41) is 3.31. The molecule has 0 amide bonds. The third-order valence-corrected chi connectivity index (χ3v) is 3.02. The summed E-state index contributed by atoms with van der Waals surface area (Å²) in [6, 6.07) is 0. The van der Waals surface area contributed by atoms with Gasteiger partial charge in [-0.25, -0.2) is 4.98 Å². The highest BCUT2D eigenvalue weighted by atomic mass is 16.5. The van der Waals surface area contributed by atoms with Gasteiger partial charge in [-0.15, -0.1) is 0 Å². The molecule has 4 nitrogen and oxygen atoms in total. The fourth-order valence-electron chi connectivity index (χ4n) is 1.66. The molecule has 0 aromatic carbocycles. The summed E-state index contributed by atoms with van der Waals surface area (Å²) in [6.07, 6.45) is 6.87. The van der Waals surface area contributed by atoms with E-state index in [1.807, 2.05) is 0 Å². The van der Waals surface area contributed by atoms with Crippen LogP contribution in [0.2, 0.25) is 0 Å². The molecule has 0 bridgehead atoms. The van der Waals surface area contributed by atoms with Crippen LogP contribution in [-0.4, -0.2) is 23.1 Å². The van der Waals surface area contributed by atoms with Crippen molar-refractivity contribution in [3.05, 3.63) is 18.1 Å². The van der Waals surface area contributed by atoms with Gasteiger partial charge in [0.05, 0.1) is 18.5 Å². The predicted octanol–water partition coefficient (Wildman–Crippen LogP) is 2.79. The second kappa shape index (κ2) is 8.86. The minimum Gasteiger partial charge on any atom is -0.476 e. The molecule has 4 heteroatoms. The number of nitrogens with one attached hydrogen (secondary N) is 1. The number of aromatic nitrogens is 2. The van der Waals surface area contributed by atoms with Crippen molar-refractivity contribution in [2.75, 3.05) is 13.2 Å². The Labute approximate surface area is 110 Å². The van der Waals surface area contributed by atoms with E-state index < -0.39 is 0 Å².